The average molecular weight is 792 g/mol. The first-order valence-corrected chi connectivity index (χ1v) is 21.9. The predicted molar refractivity (Wildman–Crippen MR) is 260 cm³/mol. The fraction of sp³-hybridized carbons (Fsp3) is 0.214. The number of hydrogen-bond acceptors (Lipinski definition) is 2. The Morgan fingerprint density at radius 3 is 1.84 bits per heavy atom. The minimum atomic E-state index is -0.136. The number of furan rings is 1. The molecule has 0 unspecified atom stereocenters. The Labute approximate surface area is 358 Å². The minimum absolute atomic E-state index is 0.0355. The summed E-state index contributed by atoms with van der Waals surface area (Å²) in [5, 5.41) is 6.28. The molecule has 0 saturated carbocycles. The number of aromatic nitrogens is 2. The quantitative estimate of drug-likeness (QED) is 0.163. The molecule has 3 aromatic heterocycles. The van der Waals surface area contributed by atoms with Crippen molar-refractivity contribution in [2.45, 2.75) is 78.6 Å². The van der Waals surface area contributed by atoms with Gasteiger partial charge < -0.3 is 13.5 Å². The second-order valence-electron chi connectivity index (χ2n) is 20.6. The first-order valence-electron chi connectivity index (χ1n) is 21.9. The Morgan fingerprint density at radius 1 is 0.459 bits per heavy atom. The summed E-state index contributed by atoms with van der Waals surface area (Å²) in [5.74, 6) is 0.892. The maximum absolute atomic E-state index is 7.17. The molecule has 5 heterocycles. The smallest absolute Gasteiger partial charge is 0.337 e. The van der Waals surface area contributed by atoms with Crippen molar-refractivity contribution < 1.29 is 4.42 Å². The lowest BCUT2D eigenvalue weighted by Gasteiger charge is -2.39. The van der Waals surface area contributed by atoms with E-state index in [4.69, 9.17) is 4.42 Å². The molecule has 0 saturated heterocycles. The Morgan fingerprint density at radius 2 is 1.11 bits per heavy atom. The van der Waals surface area contributed by atoms with Crippen molar-refractivity contribution in [2.75, 3.05) is 4.90 Å². The normalized spacial score (nSPS) is 13.9. The van der Waals surface area contributed by atoms with E-state index < -0.39 is 0 Å². The van der Waals surface area contributed by atoms with Crippen molar-refractivity contribution in [1.82, 2.24) is 9.05 Å². The molecule has 12 rings (SSSR count). The molecule has 298 valence electrons. The van der Waals surface area contributed by atoms with Gasteiger partial charge in [-0.05, 0) is 105 Å². The monoisotopic (exact) mass is 791 g/mol. The number of benzene rings is 7. The van der Waals surface area contributed by atoms with Gasteiger partial charge in [0.2, 0.25) is 5.88 Å². The SMILES string of the molecule is CC(C)(C)c1ccc(N2c3cc(C(C)(C)C)cc4c3B(c3c2oc2ccccc32)n2c3ccc(C(C)(C)C)cc3c3c2c-4cc2c4ccccc4n(-c4ccccc4)c23)cc1. The number of hydrogen-bond donors (Lipinski definition) is 0. The molecular weight excluding hydrogens is 741 g/mol. The Kier molecular flexibility index (Phi) is 7.22. The second kappa shape index (κ2) is 12.1. The number of para-hydroxylation sites is 3. The van der Waals surface area contributed by atoms with E-state index in [1.54, 1.807) is 0 Å². The van der Waals surface area contributed by atoms with E-state index in [2.05, 4.69) is 216 Å². The lowest BCUT2D eigenvalue weighted by Crippen LogP contribution is -2.56. The number of nitrogens with zero attached hydrogens (tertiary/aromatic N) is 3. The summed E-state index contributed by atoms with van der Waals surface area (Å²) in [5.41, 5.74) is 18.3. The van der Waals surface area contributed by atoms with Gasteiger partial charge in [0, 0.05) is 66.1 Å². The van der Waals surface area contributed by atoms with Crippen molar-refractivity contribution in [3.63, 3.8) is 0 Å². The van der Waals surface area contributed by atoms with Crippen LogP contribution in [0.25, 0.3) is 71.4 Å². The molecule has 5 heteroatoms. The van der Waals surface area contributed by atoms with E-state index in [9.17, 15) is 0 Å². The van der Waals surface area contributed by atoms with Crippen LogP contribution < -0.4 is 15.8 Å². The van der Waals surface area contributed by atoms with E-state index in [1.807, 2.05) is 0 Å². The lowest BCUT2D eigenvalue weighted by atomic mass is 9.45. The second-order valence-corrected chi connectivity index (χ2v) is 20.6. The maximum atomic E-state index is 7.17. The molecule has 0 N–H and O–H groups in total. The summed E-state index contributed by atoms with van der Waals surface area (Å²) < 4.78 is 12.4. The van der Waals surface area contributed by atoms with Gasteiger partial charge in [0.25, 0.3) is 0 Å². The number of fused-ring (bicyclic) bond motifs is 13. The molecule has 0 bridgehead atoms. The summed E-state index contributed by atoms with van der Waals surface area (Å²) in [6, 6.07) is 52.6. The molecule has 2 aliphatic rings. The molecule has 0 aliphatic carbocycles. The average Bonchev–Trinajstić information content (AvgIpc) is 3.89. The van der Waals surface area contributed by atoms with Crippen LogP contribution in [0.2, 0.25) is 0 Å². The molecule has 10 aromatic rings. The zero-order chi connectivity index (χ0) is 41.9. The molecular formula is C56H50BN3O. The van der Waals surface area contributed by atoms with Crippen molar-refractivity contribution >= 4 is 89.6 Å². The van der Waals surface area contributed by atoms with E-state index in [1.165, 1.54) is 93.7 Å². The molecule has 61 heavy (non-hydrogen) atoms. The molecule has 0 radical (unpaired) electrons. The molecule has 7 aromatic carbocycles. The molecule has 2 aliphatic heterocycles. The fourth-order valence-electron chi connectivity index (χ4n) is 10.6. The highest BCUT2D eigenvalue weighted by molar-refractivity contribution is 6.91. The number of anilines is 3. The third kappa shape index (κ3) is 5.01. The highest BCUT2D eigenvalue weighted by Gasteiger charge is 2.47. The van der Waals surface area contributed by atoms with Gasteiger partial charge in [0.05, 0.1) is 11.0 Å². The fourth-order valence-corrected chi connectivity index (χ4v) is 10.6. The maximum Gasteiger partial charge on any atom is 0.337 e. The van der Waals surface area contributed by atoms with Crippen molar-refractivity contribution in [1.29, 1.82) is 0 Å². The van der Waals surface area contributed by atoms with Gasteiger partial charge >= 0.3 is 6.85 Å². The van der Waals surface area contributed by atoms with Gasteiger partial charge in [0.1, 0.15) is 5.58 Å². The van der Waals surface area contributed by atoms with Gasteiger partial charge in [-0.3, -0.25) is 4.90 Å². The molecule has 0 spiro atoms. The highest BCUT2D eigenvalue weighted by Crippen LogP contribution is 2.51. The van der Waals surface area contributed by atoms with Crippen LogP contribution in [0.5, 0.6) is 0 Å². The first-order chi connectivity index (χ1) is 29.2. The van der Waals surface area contributed by atoms with Crippen LogP contribution in [-0.4, -0.2) is 15.9 Å². The lowest BCUT2D eigenvalue weighted by molar-refractivity contribution is 0.589. The highest BCUT2D eigenvalue weighted by atomic mass is 16.4. The Bertz CT molecular complexity index is 3470. The Hall–Kier alpha value is -6.46. The van der Waals surface area contributed by atoms with Crippen LogP contribution in [0.1, 0.15) is 79.0 Å². The van der Waals surface area contributed by atoms with Crippen LogP contribution in [0.4, 0.5) is 17.3 Å². The van der Waals surface area contributed by atoms with Gasteiger partial charge in [-0.25, -0.2) is 0 Å². The topological polar surface area (TPSA) is 26.2 Å². The summed E-state index contributed by atoms with van der Waals surface area (Å²) in [4.78, 5) is 2.43. The van der Waals surface area contributed by atoms with E-state index in [-0.39, 0.29) is 23.1 Å². The standard InChI is InChI=1S/C56H50BN3O/c1-54(2,3)33-23-26-37(27-24-33)59-46-31-35(56(7,8)9)30-40-42-32-41-38-19-13-15-21-44(38)58(36-17-11-10-12-18-36)51(41)48-43-29-34(55(4,5)6)25-28-45(43)60(52(42)48)57(49(40)46)50-39-20-14-16-22-47(39)61-53(50)59/h10-32H,1-9H3. The molecule has 0 fully saturated rings. The van der Waals surface area contributed by atoms with Crippen LogP contribution >= 0.6 is 0 Å². The number of rotatable bonds is 2. The Balaban J connectivity index is 1.32. The minimum Gasteiger partial charge on any atom is -0.440 e. The zero-order valence-electron chi connectivity index (χ0n) is 36.6. The third-order valence-corrected chi connectivity index (χ3v) is 13.7. The molecule has 0 atom stereocenters. The van der Waals surface area contributed by atoms with Crippen LogP contribution in [0.3, 0.4) is 0 Å². The molecule has 0 amide bonds. The van der Waals surface area contributed by atoms with Crippen LogP contribution in [-0.2, 0) is 16.2 Å². The van der Waals surface area contributed by atoms with Crippen LogP contribution in [0.15, 0.2) is 144 Å². The summed E-state index contributed by atoms with van der Waals surface area (Å²) in [6.07, 6.45) is 0. The van der Waals surface area contributed by atoms with Gasteiger partial charge in [0.15, 0.2) is 0 Å². The van der Waals surface area contributed by atoms with Gasteiger partial charge in [-0.1, -0.05) is 141 Å². The van der Waals surface area contributed by atoms with Gasteiger partial charge in [-0.15, -0.1) is 0 Å². The summed E-state index contributed by atoms with van der Waals surface area (Å²) in [7, 11) is 0. The van der Waals surface area contributed by atoms with Crippen molar-refractivity contribution in [3.05, 3.63) is 156 Å². The predicted octanol–water partition coefficient (Wildman–Crippen LogP) is 13.9. The zero-order valence-corrected chi connectivity index (χ0v) is 36.6. The largest absolute Gasteiger partial charge is 0.440 e. The molecule has 4 nitrogen and oxygen atoms in total. The summed E-state index contributed by atoms with van der Waals surface area (Å²) in [6.45, 7) is 20.7. The van der Waals surface area contributed by atoms with Crippen LogP contribution in [0, 0.1) is 0 Å². The summed E-state index contributed by atoms with van der Waals surface area (Å²) >= 11 is 0. The van der Waals surface area contributed by atoms with Crippen molar-refractivity contribution in [3.8, 4) is 16.8 Å². The van der Waals surface area contributed by atoms with E-state index in [0.29, 0.717) is 0 Å². The first kappa shape index (κ1) is 36.4. The third-order valence-electron chi connectivity index (χ3n) is 13.7. The van der Waals surface area contributed by atoms with E-state index in [0.717, 1.165) is 22.5 Å². The van der Waals surface area contributed by atoms with Gasteiger partial charge in [-0.2, -0.15) is 0 Å². The van der Waals surface area contributed by atoms with Crippen molar-refractivity contribution in [2.24, 2.45) is 0 Å². The van der Waals surface area contributed by atoms with E-state index >= 15 is 0 Å².